The molecule has 0 rings (SSSR count). The average molecular weight is 226 g/mol. The zero-order valence-electron chi connectivity index (χ0n) is 8.21. The number of carboxylic acids is 1. The maximum Gasteiger partial charge on any atom is 0.316 e. The number of unbranched alkanes of at least 4 members (excludes halogenated alkanes) is 1. The van der Waals surface area contributed by atoms with Gasteiger partial charge in [0.2, 0.25) is 6.43 Å². The van der Waals surface area contributed by atoms with Gasteiger partial charge in [0, 0.05) is 6.42 Å². The van der Waals surface area contributed by atoms with Crippen LogP contribution in [-0.4, -0.2) is 28.5 Å². The van der Waals surface area contributed by atoms with E-state index in [1.54, 1.807) is 0 Å². The molecule has 1 unspecified atom stereocenters. The van der Waals surface area contributed by atoms with Crippen molar-refractivity contribution in [1.29, 1.82) is 0 Å². The van der Waals surface area contributed by atoms with Gasteiger partial charge in [0.15, 0.2) is 0 Å². The van der Waals surface area contributed by atoms with E-state index in [0.29, 0.717) is 6.42 Å². The molecule has 0 aromatic rings. The zero-order chi connectivity index (χ0) is 11.0. The monoisotopic (exact) mass is 226 g/mol. The van der Waals surface area contributed by atoms with Gasteiger partial charge in [-0.1, -0.05) is 19.8 Å². The highest BCUT2D eigenvalue weighted by Crippen LogP contribution is 2.19. The Morgan fingerprint density at radius 3 is 2.50 bits per heavy atom. The summed E-state index contributed by atoms with van der Waals surface area (Å²) in [6.45, 7) is 1.97. The minimum atomic E-state index is -2.33. The predicted molar refractivity (Wildman–Crippen MR) is 54.0 cm³/mol. The lowest BCUT2D eigenvalue weighted by Crippen LogP contribution is -2.17. The number of thioether (sulfide) groups is 1. The topological polar surface area (TPSA) is 37.3 Å². The van der Waals surface area contributed by atoms with Crippen LogP contribution in [-0.2, 0) is 4.79 Å². The van der Waals surface area contributed by atoms with Gasteiger partial charge in [-0.15, -0.1) is 11.8 Å². The fourth-order valence-corrected chi connectivity index (χ4v) is 2.04. The van der Waals surface area contributed by atoms with E-state index in [1.165, 1.54) is 0 Å². The largest absolute Gasteiger partial charge is 0.480 e. The van der Waals surface area contributed by atoms with Crippen LogP contribution in [0.15, 0.2) is 0 Å². The molecule has 5 heteroatoms. The third kappa shape index (κ3) is 7.12. The summed E-state index contributed by atoms with van der Waals surface area (Å²) in [4.78, 5) is 10.7. The van der Waals surface area contributed by atoms with E-state index < -0.39 is 17.6 Å². The first-order valence-corrected chi connectivity index (χ1v) is 5.75. The number of rotatable bonds is 8. The number of carboxylic acid groups (broad SMARTS) is 1. The second-order valence-corrected chi connectivity index (χ2v) is 4.33. The summed E-state index contributed by atoms with van der Waals surface area (Å²) in [5.74, 6) is -0.670. The first kappa shape index (κ1) is 13.7. The van der Waals surface area contributed by atoms with Crippen molar-refractivity contribution in [3.63, 3.8) is 0 Å². The van der Waals surface area contributed by atoms with Crippen molar-refractivity contribution in [3.8, 4) is 0 Å². The van der Waals surface area contributed by atoms with Crippen LogP contribution in [0.5, 0.6) is 0 Å². The number of hydrogen-bond acceptors (Lipinski definition) is 2. The maximum atomic E-state index is 11.8. The Morgan fingerprint density at radius 2 is 2.07 bits per heavy atom. The SMILES string of the molecule is CCCCC(SCCC(F)F)C(=O)O. The number of aliphatic carboxylic acids is 1. The summed E-state index contributed by atoms with van der Waals surface area (Å²) >= 11 is 1.12. The third-order valence-corrected chi connectivity index (χ3v) is 3.06. The summed E-state index contributed by atoms with van der Waals surface area (Å²) in [5, 5.41) is 8.24. The standard InChI is InChI=1S/C9H16F2O2S/c1-2-3-4-7(9(12)13)14-6-5-8(10)11/h7-8H,2-6H2,1H3,(H,12,13). The number of carbonyl (C=O) groups is 1. The van der Waals surface area contributed by atoms with Gasteiger partial charge in [0.05, 0.1) is 0 Å². The van der Waals surface area contributed by atoms with Crippen LogP contribution in [0.3, 0.4) is 0 Å². The van der Waals surface area contributed by atoms with Crippen molar-refractivity contribution in [2.45, 2.75) is 44.3 Å². The molecule has 0 aliphatic heterocycles. The fraction of sp³-hybridized carbons (Fsp3) is 0.889. The van der Waals surface area contributed by atoms with Gasteiger partial charge >= 0.3 is 5.97 Å². The molecule has 0 aliphatic rings. The van der Waals surface area contributed by atoms with Crippen LogP contribution in [0, 0.1) is 0 Å². The van der Waals surface area contributed by atoms with E-state index in [-0.39, 0.29) is 12.2 Å². The van der Waals surface area contributed by atoms with E-state index in [4.69, 9.17) is 5.11 Å². The molecule has 0 aliphatic carbocycles. The summed E-state index contributed by atoms with van der Waals surface area (Å²) in [7, 11) is 0. The molecule has 0 spiro atoms. The van der Waals surface area contributed by atoms with Crippen molar-refractivity contribution in [3.05, 3.63) is 0 Å². The van der Waals surface area contributed by atoms with Crippen LogP contribution >= 0.6 is 11.8 Å². The Hall–Kier alpha value is -0.320. The lowest BCUT2D eigenvalue weighted by molar-refractivity contribution is -0.136. The molecule has 0 saturated carbocycles. The first-order chi connectivity index (χ1) is 6.57. The van der Waals surface area contributed by atoms with Gasteiger partial charge < -0.3 is 5.11 Å². The summed E-state index contributed by atoms with van der Waals surface area (Å²) < 4.78 is 23.6. The second-order valence-electron chi connectivity index (χ2n) is 3.02. The van der Waals surface area contributed by atoms with Crippen LogP contribution in [0.1, 0.15) is 32.6 Å². The minimum absolute atomic E-state index is 0.221. The lowest BCUT2D eigenvalue weighted by Gasteiger charge is -2.10. The Kier molecular flexibility index (Phi) is 7.84. The van der Waals surface area contributed by atoms with Crippen molar-refractivity contribution in [2.75, 3.05) is 5.75 Å². The van der Waals surface area contributed by atoms with Crippen LogP contribution in [0.2, 0.25) is 0 Å². The summed E-state index contributed by atoms with van der Waals surface area (Å²) in [6, 6.07) is 0. The first-order valence-electron chi connectivity index (χ1n) is 4.70. The molecule has 0 aromatic carbocycles. The molecule has 0 fully saturated rings. The Morgan fingerprint density at radius 1 is 1.43 bits per heavy atom. The van der Waals surface area contributed by atoms with Gasteiger partial charge in [-0.2, -0.15) is 0 Å². The van der Waals surface area contributed by atoms with E-state index in [0.717, 1.165) is 24.6 Å². The van der Waals surface area contributed by atoms with E-state index >= 15 is 0 Å². The van der Waals surface area contributed by atoms with E-state index in [1.807, 2.05) is 6.92 Å². The molecule has 84 valence electrons. The van der Waals surface area contributed by atoms with Crippen molar-refractivity contribution in [1.82, 2.24) is 0 Å². The normalized spacial score (nSPS) is 13.1. The van der Waals surface area contributed by atoms with Crippen molar-refractivity contribution < 1.29 is 18.7 Å². The molecule has 1 N–H and O–H groups in total. The van der Waals surface area contributed by atoms with Crippen LogP contribution < -0.4 is 0 Å². The van der Waals surface area contributed by atoms with Crippen LogP contribution in [0.4, 0.5) is 8.78 Å². The zero-order valence-corrected chi connectivity index (χ0v) is 9.03. The molecule has 0 aromatic heterocycles. The minimum Gasteiger partial charge on any atom is -0.480 e. The molecule has 1 atom stereocenters. The molecule has 0 heterocycles. The second kappa shape index (κ2) is 8.03. The molecule has 0 amide bonds. The van der Waals surface area contributed by atoms with Crippen LogP contribution in [0.25, 0.3) is 0 Å². The van der Waals surface area contributed by atoms with Gasteiger partial charge in [-0.25, -0.2) is 8.78 Å². The maximum absolute atomic E-state index is 11.8. The van der Waals surface area contributed by atoms with Gasteiger partial charge in [-0.3, -0.25) is 4.79 Å². The fourth-order valence-electron chi connectivity index (χ4n) is 0.967. The Labute approximate surface area is 87.1 Å². The van der Waals surface area contributed by atoms with Crippen molar-refractivity contribution in [2.24, 2.45) is 0 Å². The number of halogens is 2. The molecule has 2 nitrogen and oxygen atoms in total. The quantitative estimate of drug-likeness (QED) is 0.691. The Bertz CT molecular complexity index is 165. The molecular weight excluding hydrogens is 210 g/mol. The molecule has 0 bridgehead atoms. The number of hydrogen-bond donors (Lipinski definition) is 1. The van der Waals surface area contributed by atoms with E-state index in [9.17, 15) is 13.6 Å². The van der Waals surface area contributed by atoms with Gasteiger partial charge in [0.1, 0.15) is 5.25 Å². The van der Waals surface area contributed by atoms with E-state index in [2.05, 4.69) is 0 Å². The average Bonchev–Trinajstić information content (AvgIpc) is 2.09. The summed E-state index contributed by atoms with van der Waals surface area (Å²) in [6.07, 6.45) is -0.221. The third-order valence-electron chi connectivity index (χ3n) is 1.75. The highest BCUT2D eigenvalue weighted by Gasteiger charge is 2.17. The van der Waals surface area contributed by atoms with Crippen molar-refractivity contribution >= 4 is 17.7 Å². The molecule has 14 heavy (non-hydrogen) atoms. The highest BCUT2D eigenvalue weighted by atomic mass is 32.2. The Balaban J connectivity index is 3.68. The highest BCUT2D eigenvalue weighted by molar-refractivity contribution is 8.00. The smallest absolute Gasteiger partial charge is 0.316 e. The molecule has 0 radical (unpaired) electrons. The van der Waals surface area contributed by atoms with Gasteiger partial charge in [-0.05, 0) is 12.2 Å². The summed E-state index contributed by atoms with van der Waals surface area (Å²) in [5.41, 5.74) is 0. The molecule has 0 saturated heterocycles. The molecular formula is C9H16F2O2S. The predicted octanol–water partition coefficient (Wildman–Crippen LogP) is 3.02. The lowest BCUT2D eigenvalue weighted by atomic mass is 10.2. The number of alkyl halides is 2. The van der Waals surface area contributed by atoms with Gasteiger partial charge in [0.25, 0.3) is 0 Å².